The van der Waals surface area contributed by atoms with Crippen molar-refractivity contribution >= 4 is 18.3 Å². The number of amides is 1. The van der Waals surface area contributed by atoms with E-state index in [1.54, 1.807) is 7.11 Å². The summed E-state index contributed by atoms with van der Waals surface area (Å²) in [4.78, 5) is 14.0. The van der Waals surface area contributed by atoms with Crippen molar-refractivity contribution in [3.63, 3.8) is 0 Å². The molecule has 0 spiro atoms. The highest BCUT2D eigenvalue weighted by Gasteiger charge is 2.19. The Morgan fingerprint density at radius 1 is 1.36 bits per heavy atom. The van der Waals surface area contributed by atoms with Crippen LogP contribution >= 0.6 is 12.4 Å². The maximum atomic E-state index is 11.5. The van der Waals surface area contributed by atoms with Crippen molar-refractivity contribution in [3.05, 3.63) is 23.8 Å². The zero-order chi connectivity index (χ0) is 17.4. The molecule has 1 unspecified atom stereocenters. The van der Waals surface area contributed by atoms with Gasteiger partial charge in [0.15, 0.2) is 18.1 Å². The van der Waals surface area contributed by atoms with Crippen molar-refractivity contribution < 1.29 is 14.3 Å². The summed E-state index contributed by atoms with van der Waals surface area (Å²) in [6.45, 7) is 5.56. The summed E-state index contributed by atoms with van der Waals surface area (Å²) in [5, 5.41) is 6.08. The number of methoxy groups -OCH3 is 1. The number of piperidine rings is 1. The molecule has 1 heterocycles. The number of hydrogen-bond donors (Lipinski definition) is 2. The molecule has 2 N–H and O–H groups in total. The lowest BCUT2D eigenvalue weighted by Gasteiger charge is -2.32. The normalized spacial score (nSPS) is 17.5. The number of rotatable bonds is 8. The van der Waals surface area contributed by atoms with E-state index in [9.17, 15) is 4.79 Å². The van der Waals surface area contributed by atoms with Gasteiger partial charge in [-0.15, -0.1) is 12.4 Å². The van der Waals surface area contributed by atoms with Crippen LogP contribution in [0.2, 0.25) is 0 Å². The molecule has 0 bridgehead atoms. The number of ether oxygens (including phenoxy) is 2. The molecule has 1 aromatic carbocycles. The molecule has 1 aliphatic rings. The van der Waals surface area contributed by atoms with Crippen LogP contribution in [0.1, 0.15) is 25.3 Å². The summed E-state index contributed by atoms with van der Waals surface area (Å²) >= 11 is 0. The van der Waals surface area contributed by atoms with Crippen LogP contribution in [0.3, 0.4) is 0 Å². The second-order valence-corrected chi connectivity index (χ2v) is 6.09. The van der Waals surface area contributed by atoms with Crippen LogP contribution in [-0.2, 0) is 11.3 Å². The van der Waals surface area contributed by atoms with Crippen molar-refractivity contribution in [1.29, 1.82) is 0 Å². The Morgan fingerprint density at radius 2 is 2.16 bits per heavy atom. The van der Waals surface area contributed by atoms with Gasteiger partial charge in [0.1, 0.15) is 0 Å². The standard InChI is InChI=1S/C18H29N3O3.ClH/c1-4-20-18(22)13-24-16-8-7-14(10-17(16)23-3)11-21-9-5-6-15(12-21)19-2;/h7-8,10,15,19H,4-6,9,11-13H2,1-3H3,(H,20,22);1H. The fourth-order valence-electron chi connectivity index (χ4n) is 3.01. The average Bonchev–Trinajstić information content (AvgIpc) is 2.61. The first-order valence-electron chi connectivity index (χ1n) is 8.62. The summed E-state index contributed by atoms with van der Waals surface area (Å²) in [6.07, 6.45) is 2.46. The molecule has 1 amide bonds. The maximum absolute atomic E-state index is 11.5. The number of likely N-dealkylation sites (N-methyl/N-ethyl adjacent to an activating group) is 2. The van der Waals surface area contributed by atoms with Crippen molar-refractivity contribution in [2.45, 2.75) is 32.4 Å². The van der Waals surface area contributed by atoms with E-state index in [1.807, 2.05) is 32.2 Å². The zero-order valence-corrected chi connectivity index (χ0v) is 16.2. The second kappa shape index (κ2) is 11.2. The van der Waals surface area contributed by atoms with Gasteiger partial charge in [-0.2, -0.15) is 0 Å². The fourth-order valence-corrected chi connectivity index (χ4v) is 3.01. The first-order valence-corrected chi connectivity index (χ1v) is 8.62. The number of nitrogens with zero attached hydrogens (tertiary/aromatic N) is 1. The Labute approximate surface area is 156 Å². The third kappa shape index (κ3) is 6.72. The Kier molecular flexibility index (Phi) is 9.63. The van der Waals surface area contributed by atoms with E-state index in [-0.39, 0.29) is 24.9 Å². The molecule has 1 fully saturated rings. The van der Waals surface area contributed by atoms with Crippen molar-refractivity contribution in [3.8, 4) is 11.5 Å². The number of nitrogens with one attached hydrogen (secondary N) is 2. The molecule has 142 valence electrons. The van der Waals surface area contributed by atoms with Gasteiger partial charge in [-0.25, -0.2) is 0 Å². The number of carbonyl (C=O) groups is 1. The van der Waals surface area contributed by atoms with E-state index >= 15 is 0 Å². The lowest BCUT2D eigenvalue weighted by atomic mass is 10.0. The van der Waals surface area contributed by atoms with Crippen LogP contribution in [0.25, 0.3) is 0 Å². The molecule has 0 saturated carbocycles. The number of hydrogen-bond acceptors (Lipinski definition) is 5. The lowest BCUT2D eigenvalue weighted by molar-refractivity contribution is -0.123. The largest absolute Gasteiger partial charge is 0.493 e. The van der Waals surface area contributed by atoms with Crippen molar-refractivity contribution in [2.75, 3.05) is 40.4 Å². The molecule has 1 saturated heterocycles. The number of likely N-dealkylation sites (tertiary alicyclic amines) is 1. The van der Waals surface area contributed by atoms with Crippen LogP contribution in [0.15, 0.2) is 18.2 Å². The number of halogens is 1. The fraction of sp³-hybridized carbons (Fsp3) is 0.611. The Hall–Kier alpha value is -1.50. The Bertz CT molecular complexity index is 542. The predicted octanol–water partition coefficient (Wildman–Crippen LogP) is 1.82. The van der Waals surface area contributed by atoms with Gasteiger partial charge in [0.2, 0.25) is 0 Å². The highest BCUT2D eigenvalue weighted by molar-refractivity contribution is 5.85. The quantitative estimate of drug-likeness (QED) is 0.729. The molecule has 1 aromatic rings. The monoisotopic (exact) mass is 371 g/mol. The van der Waals surface area contributed by atoms with Gasteiger partial charge in [-0.3, -0.25) is 9.69 Å². The van der Waals surface area contributed by atoms with E-state index in [0.29, 0.717) is 24.1 Å². The van der Waals surface area contributed by atoms with Crippen LogP contribution in [0, 0.1) is 0 Å². The van der Waals surface area contributed by atoms with E-state index < -0.39 is 0 Å². The first-order chi connectivity index (χ1) is 11.7. The van der Waals surface area contributed by atoms with Gasteiger partial charge in [-0.1, -0.05) is 6.07 Å². The maximum Gasteiger partial charge on any atom is 0.257 e. The molecule has 0 aliphatic carbocycles. The van der Waals surface area contributed by atoms with E-state index in [4.69, 9.17) is 9.47 Å². The van der Waals surface area contributed by atoms with Gasteiger partial charge in [-0.05, 0) is 51.1 Å². The molecule has 2 rings (SSSR count). The minimum Gasteiger partial charge on any atom is -0.493 e. The minimum absolute atomic E-state index is 0. The van der Waals surface area contributed by atoms with Gasteiger partial charge in [0, 0.05) is 25.7 Å². The van der Waals surface area contributed by atoms with Gasteiger partial charge in [0.05, 0.1) is 7.11 Å². The van der Waals surface area contributed by atoms with Gasteiger partial charge in [0.25, 0.3) is 5.91 Å². The molecule has 7 heteroatoms. The molecule has 1 aliphatic heterocycles. The molecule has 0 radical (unpaired) electrons. The smallest absolute Gasteiger partial charge is 0.257 e. The molecule has 6 nitrogen and oxygen atoms in total. The SMILES string of the molecule is CCNC(=O)COc1ccc(CN2CCCC(NC)C2)cc1OC.Cl. The number of benzene rings is 1. The summed E-state index contributed by atoms with van der Waals surface area (Å²) in [5.74, 6) is 1.13. The third-order valence-electron chi connectivity index (χ3n) is 4.28. The van der Waals surface area contributed by atoms with E-state index in [0.717, 1.165) is 19.6 Å². The summed E-state index contributed by atoms with van der Waals surface area (Å²) in [7, 11) is 3.65. The topological polar surface area (TPSA) is 62.8 Å². The van der Waals surface area contributed by atoms with Crippen LogP contribution < -0.4 is 20.1 Å². The second-order valence-electron chi connectivity index (χ2n) is 6.09. The molecular weight excluding hydrogens is 342 g/mol. The van der Waals surface area contributed by atoms with Crippen LogP contribution in [-0.4, -0.2) is 57.2 Å². The zero-order valence-electron chi connectivity index (χ0n) is 15.3. The molecule has 1 atom stereocenters. The third-order valence-corrected chi connectivity index (χ3v) is 4.28. The molecule has 25 heavy (non-hydrogen) atoms. The van der Waals surface area contributed by atoms with E-state index in [1.165, 1.54) is 18.4 Å². The van der Waals surface area contributed by atoms with Crippen LogP contribution in [0.4, 0.5) is 0 Å². The van der Waals surface area contributed by atoms with E-state index in [2.05, 4.69) is 15.5 Å². The first kappa shape index (κ1) is 21.5. The average molecular weight is 372 g/mol. The Balaban J connectivity index is 0.00000312. The highest BCUT2D eigenvalue weighted by Crippen LogP contribution is 2.29. The summed E-state index contributed by atoms with van der Waals surface area (Å²) in [5.41, 5.74) is 1.19. The van der Waals surface area contributed by atoms with Gasteiger partial charge < -0.3 is 20.1 Å². The number of carbonyl (C=O) groups excluding carboxylic acids is 1. The molecular formula is C18H30ClN3O3. The van der Waals surface area contributed by atoms with Gasteiger partial charge >= 0.3 is 0 Å². The summed E-state index contributed by atoms with van der Waals surface area (Å²) in [6, 6.07) is 6.49. The van der Waals surface area contributed by atoms with Crippen molar-refractivity contribution in [2.24, 2.45) is 0 Å². The summed E-state index contributed by atoms with van der Waals surface area (Å²) < 4.78 is 11.0. The highest BCUT2D eigenvalue weighted by atomic mass is 35.5. The van der Waals surface area contributed by atoms with Crippen LogP contribution in [0.5, 0.6) is 11.5 Å². The predicted molar refractivity (Wildman–Crippen MR) is 102 cm³/mol. The lowest BCUT2D eigenvalue weighted by Crippen LogP contribution is -2.43. The molecule has 0 aromatic heterocycles. The minimum atomic E-state index is -0.130. The Morgan fingerprint density at radius 3 is 2.84 bits per heavy atom. The van der Waals surface area contributed by atoms with Crippen molar-refractivity contribution in [1.82, 2.24) is 15.5 Å².